The number of carbonyl (C=O) groups is 1. The monoisotopic (exact) mass is 474 g/mol. The molecule has 11 heteroatoms. The second-order valence-corrected chi connectivity index (χ2v) is 9.21. The highest BCUT2D eigenvalue weighted by Crippen LogP contribution is 2.22. The largest absolute Gasteiger partial charge is 0.497 e. The Bertz CT molecular complexity index is 1180. The fraction of sp³-hybridized carbons (Fsp3) is 0.318. The van der Waals surface area contributed by atoms with Gasteiger partial charge in [0, 0.05) is 12.6 Å². The van der Waals surface area contributed by atoms with Crippen LogP contribution in [-0.4, -0.2) is 51.0 Å². The molecule has 0 radical (unpaired) electrons. The third kappa shape index (κ3) is 6.22. The number of carbonyl (C=O) groups excluding carboxylic acids is 1. The number of methoxy groups -OCH3 is 1. The van der Waals surface area contributed by atoms with E-state index in [0.29, 0.717) is 23.7 Å². The fourth-order valence-corrected chi connectivity index (χ4v) is 3.38. The van der Waals surface area contributed by atoms with Crippen molar-refractivity contribution in [1.29, 1.82) is 0 Å². The van der Waals surface area contributed by atoms with Crippen molar-refractivity contribution in [3.05, 3.63) is 54.4 Å². The Morgan fingerprint density at radius 2 is 1.76 bits per heavy atom. The van der Waals surface area contributed by atoms with Crippen molar-refractivity contribution in [1.82, 2.24) is 15.5 Å². The lowest BCUT2D eigenvalue weighted by molar-refractivity contribution is -0.128. The summed E-state index contributed by atoms with van der Waals surface area (Å²) >= 11 is 0. The first-order valence-corrected chi connectivity index (χ1v) is 12.0. The normalized spacial score (nSPS) is 12.1. The van der Waals surface area contributed by atoms with Crippen molar-refractivity contribution in [3.63, 3.8) is 0 Å². The van der Waals surface area contributed by atoms with Gasteiger partial charge in [-0.1, -0.05) is 12.1 Å². The van der Waals surface area contributed by atoms with Crippen molar-refractivity contribution in [2.75, 3.05) is 24.7 Å². The summed E-state index contributed by atoms with van der Waals surface area (Å²) in [5.74, 6) is 1.50. The lowest BCUT2D eigenvalue weighted by Crippen LogP contribution is -2.37. The van der Waals surface area contributed by atoms with E-state index in [1.807, 2.05) is 19.1 Å². The number of aromatic nitrogens is 2. The van der Waals surface area contributed by atoms with Gasteiger partial charge in [-0.15, -0.1) is 0 Å². The average Bonchev–Trinajstić information content (AvgIpc) is 3.29. The summed E-state index contributed by atoms with van der Waals surface area (Å²) in [6, 6.07) is 13.7. The number of hydrogen-bond acceptors (Lipinski definition) is 8. The minimum atomic E-state index is -3.36. The van der Waals surface area contributed by atoms with Gasteiger partial charge >= 0.3 is 0 Å². The van der Waals surface area contributed by atoms with Gasteiger partial charge < -0.3 is 19.3 Å². The number of benzene rings is 2. The van der Waals surface area contributed by atoms with Crippen LogP contribution in [0, 0.1) is 0 Å². The molecule has 33 heavy (non-hydrogen) atoms. The van der Waals surface area contributed by atoms with Crippen molar-refractivity contribution < 1.29 is 27.2 Å². The lowest BCUT2D eigenvalue weighted by atomic mass is 10.2. The van der Waals surface area contributed by atoms with E-state index in [4.69, 9.17) is 14.0 Å². The molecule has 0 spiro atoms. The summed E-state index contributed by atoms with van der Waals surface area (Å²) in [6.07, 6.45) is 0.808. The number of rotatable bonds is 10. The first kappa shape index (κ1) is 24.1. The smallest absolute Gasteiger partial charge is 0.261 e. The Morgan fingerprint density at radius 3 is 2.33 bits per heavy atom. The van der Waals surface area contributed by atoms with E-state index in [2.05, 4.69) is 15.5 Å². The van der Waals surface area contributed by atoms with Gasteiger partial charge in [-0.2, -0.15) is 4.98 Å². The number of anilines is 1. The Kier molecular flexibility index (Phi) is 7.54. The lowest BCUT2D eigenvalue weighted by Gasteiger charge is -2.19. The Balaban J connectivity index is 1.57. The van der Waals surface area contributed by atoms with E-state index in [0.717, 1.165) is 21.9 Å². The van der Waals surface area contributed by atoms with Crippen LogP contribution in [-0.2, 0) is 21.4 Å². The molecule has 1 atom stereocenters. The summed E-state index contributed by atoms with van der Waals surface area (Å²) in [6.45, 7) is 1.88. The standard InChI is InChI=1S/C22H26N4O6S/c1-5-19(31-18-12-8-16(9-13-18)26(2)33(4,28)29)22(27)23-14-20-24-21(25-32-20)15-6-10-17(30-3)11-7-15/h6-13,19H,5,14H2,1-4H3,(H,23,27)/t19-/m1/s1. The van der Waals surface area contributed by atoms with Gasteiger partial charge in [0.2, 0.25) is 21.7 Å². The van der Waals surface area contributed by atoms with Gasteiger partial charge in [0.15, 0.2) is 6.10 Å². The second-order valence-electron chi connectivity index (χ2n) is 7.20. The SMILES string of the molecule is CC[C@@H](Oc1ccc(N(C)S(C)(=O)=O)cc1)C(=O)NCc1nc(-c2ccc(OC)cc2)no1. The highest BCUT2D eigenvalue weighted by atomic mass is 32.2. The summed E-state index contributed by atoms with van der Waals surface area (Å²) < 4.78 is 40.6. The molecular weight excluding hydrogens is 448 g/mol. The van der Waals surface area contributed by atoms with Crippen LogP contribution in [0.4, 0.5) is 5.69 Å². The Morgan fingerprint density at radius 1 is 1.12 bits per heavy atom. The molecular formula is C22H26N4O6S. The van der Waals surface area contributed by atoms with E-state index < -0.39 is 16.1 Å². The fourth-order valence-electron chi connectivity index (χ4n) is 2.87. The Hall–Kier alpha value is -3.60. The molecule has 10 nitrogen and oxygen atoms in total. The first-order chi connectivity index (χ1) is 15.7. The van der Waals surface area contributed by atoms with Crippen molar-refractivity contribution in [2.24, 2.45) is 0 Å². The van der Waals surface area contributed by atoms with E-state index in [1.54, 1.807) is 43.5 Å². The quantitative estimate of drug-likeness (QED) is 0.476. The van der Waals surface area contributed by atoms with E-state index in [-0.39, 0.29) is 18.3 Å². The van der Waals surface area contributed by atoms with Gasteiger partial charge in [-0.05, 0) is 55.0 Å². The molecule has 3 rings (SSSR count). The summed E-state index contributed by atoms with van der Waals surface area (Å²) in [5.41, 5.74) is 1.25. The highest BCUT2D eigenvalue weighted by molar-refractivity contribution is 7.92. The molecule has 0 bridgehead atoms. The van der Waals surface area contributed by atoms with E-state index in [1.165, 1.54) is 7.05 Å². The zero-order valence-corrected chi connectivity index (χ0v) is 19.6. The van der Waals surface area contributed by atoms with Crippen molar-refractivity contribution in [3.8, 4) is 22.9 Å². The highest BCUT2D eigenvalue weighted by Gasteiger charge is 2.20. The molecule has 0 aliphatic heterocycles. The molecule has 0 saturated heterocycles. The van der Waals surface area contributed by atoms with Gasteiger partial charge in [0.05, 0.1) is 25.6 Å². The maximum atomic E-state index is 12.6. The van der Waals surface area contributed by atoms with Gasteiger partial charge in [-0.3, -0.25) is 9.10 Å². The number of ether oxygens (including phenoxy) is 2. The third-order valence-electron chi connectivity index (χ3n) is 4.87. The van der Waals surface area contributed by atoms with Crippen LogP contribution < -0.4 is 19.1 Å². The number of nitrogens with one attached hydrogen (secondary N) is 1. The molecule has 3 aromatic rings. The van der Waals surface area contributed by atoms with Crippen LogP contribution >= 0.6 is 0 Å². The van der Waals surface area contributed by atoms with Gasteiger partial charge in [0.25, 0.3) is 5.91 Å². The summed E-state index contributed by atoms with van der Waals surface area (Å²) in [5, 5.41) is 6.67. The molecule has 1 aromatic heterocycles. The zero-order chi connectivity index (χ0) is 24.0. The van der Waals surface area contributed by atoms with Crippen molar-refractivity contribution in [2.45, 2.75) is 26.0 Å². The summed E-state index contributed by atoms with van der Waals surface area (Å²) in [4.78, 5) is 16.9. The van der Waals surface area contributed by atoms with Crippen LogP contribution in [0.3, 0.4) is 0 Å². The predicted octanol–water partition coefficient (Wildman–Crippen LogP) is 2.61. The number of amides is 1. The molecule has 1 N–H and O–H groups in total. The number of hydrogen-bond donors (Lipinski definition) is 1. The maximum Gasteiger partial charge on any atom is 0.261 e. The van der Waals surface area contributed by atoms with Crippen LogP contribution in [0.15, 0.2) is 53.1 Å². The zero-order valence-electron chi connectivity index (χ0n) is 18.8. The predicted molar refractivity (Wildman–Crippen MR) is 123 cm³/mol. The van der Waals surface area contributed by atoms with Gasteiger partial charge in [-0.25, -0.2) is 8.42 Å². The molecule has 176 valence electrons. The minimum Gasteiger partial charge on any atom is -0.497 e. The van der Waals surface area contributed by atoms with Crippen molar-refractivity contribution >= 4 is 21.6 Å². The number of nitrogens with zero attached hydrogens (tertiary/aromatic N) is 3. The third-order valence-corrected chi connectivity index (χ3v) is 6.08. The molecule has 1 heterocycles. The molecule has 0 unspecified atom stereocenters. The minimum absolute atomic E-state index is 0.0555. The molecule has 0 aliphatic carbocycles. The van der Waals surface area contributed by atoms with E-state index >= 15 is 0 Å². The molecule has 0 aliphatic rings. The maximum absolute atomic E-state index is 12.6. The molecule has 1 amide bonds. The molecule has 0 saturated carbocycles. The molecule has 0 fully saturated rings. The molecule has 2 aromatic carbocycles. The second kappa shape index (κ2) is 10.3. The van der Waals surface area contributed by atoms with E-state index in [9.17, 15) is 13.2 Å². The Labute approximate surface area is 192 Å². The number of sulfonamides is 1. The van der Waals surface area contributed by atoms with Crippen LogP contribution in [0.5, 0.6) is 11.5 Å². The average molecular weight is 475 g/mol. The van der Waals surface area contributed by atoms with Crippen LogP contribution in [0.1, 0.15) is 19.2 Å². The summed E-state index contributed by atoms with van der Waals surface area (Å²) in [7, 11) is -0.309. The van der Waals surface area contributed by atoms with Crippen LogP contribution in [0.2, 0.25) is 0 Å². The first-order valence-electron chi connectivity index (χ1n) is 10.2. The van der Waals surface area contributed by atoms with Crippen LogP contribution in [0.25, 0.3) is 11.4 Å². The topological polar surface area (TPSA) is 124 Å². The van der Waals surface area contributed by atoms with Gasteiger partial charge in [0.1, 0.15) is 11.5 Å².